The van der Waals surface area contributed by atoms with E-state index in [1.165, 1.54) is 4.57 Å². The summed E-state index contributed by atoms with van der Waals surface area (Å²) in [7, 11) is 0. The maximum atomic E-state index is 13.2. The highest BCUT2D eigenvalue weighted by atomic mass is 32.2. The number of carbonyl (C=O) groups excluding carboxylic acids is 2. The Kier molecular flexibility index (Phi) is 5.90. The van der Waals surface area contributed by atoms with E-state index in [1.54, 1.807) is 66.9 Å². The monoisotopic (exact) mass is 430 g/mol. The van der Waals surface area contributed by atoms with Crippen molar-refractivity contribution in [3.8, 4) is 5.82 Å². The first-order valence-corrected chi connectivity index (χ1v) is 10.5. The molecule has 0 bridgehead atoms. The van der Waals surface area contributed by atoms with E-state index in [0.29, 0.717) is 27.4 Å². The van der Waals surface area contributed by atoms with E-state index in [4.69, 9.17) is 0 Å². The number of nitrogens with one attached hydrogen (secondary N) is 1. The number of imide groups is 1. The number of aryl methyl sites for hydroxylation is 1. The van der Waals surface area contributed by atoms with E-state index in [0.717, 1.165) is 17.3 Å². The number of thioether (sulfide) groups is 1. The Morgan fingerprint density at radius 3 is 2.52 bits per heavy atom. The second kappa shape index (κ2) is 8.93. The Morgan fingerprint density at radius 2 is 1.74 bits per heavy atom. The molecule has 2 heterocycles. The average molecular weight is 430 g/mol. The zero-order valence-electron chi connectivity index (χ0n) is 16.6. The summed E-state index contributed by atoms with van der Waals surface area (Å²) in [6, 6.07) is 19.2. The van der Waals surface area contributed by atoms with Crippen LogP contribution in [-0.4, -0.2) is 32.1 Å². The summed E-state index contributed by atoms with van der Waals surface area (Å²) >= 11 is 1.07. The third kappa shape index (κ3) is 4.39. The van der Waals surface area contributed by atoms with Crippen molar-refractivity contribution >= 4 is 34.5 Å². The second-order valence-electron chi connectivity index (χ2n) is 6.73. The molecule has 0 unspecified atom stereocenters. The van der Waals surface area contributed by atoms with Crippen molar-refractivity contribution in [2.45, 2.75) is 12.1 Å². The Hall–Kier alpha value is -3.78. The molecule has 31 heavy (non-hydrogen) atoms. The highest BCUT2D eigenvalue weighted by Crippen LogP contribution is 2.21. The van der Waals surface area contributed by atoms with Crippen LogP contribution in [0.1, 0.15) is 15.9 Å². The topological polar surface area (TPSA) is 93.9 Å². The maximum Gasteiger partial charge on any atom is 0.267 e. The van der Waals surface area contributed by atoms with Crippen LogP contribution in [0.25, 0.3) is 16.7 Å². The number of aromatic nitrogens is 3. The van der Waals surface area contributed by atoms with Gasteiger partial charge in [0.1, 0.15) is 5.82 Å². The number of amides is 2. The van der Waals surface area contributed by atoms with Crippen LogP contribution in [0, 0.1) is 6.92 Å². The van der Waals surface area contributed by atoms with E-state index < -0.39 is 11.8 Å². The van der Waals surface area contributed by atoms with E-state index in [9.17, 15) is 14.4 Å². The van der Waals surface area contributed by atoms with Crippen molar-refractivity contribution in [2.75, 3.05) is 5.75 Å². The van der Waals surface area contributed by atoms with Crippen molar-refractivity contribution < 1.29 is 9.59 Å². The van der Waals surface area contributed by atoms with Gasteiger partial charge in [-0.15, -0.1) is 0 Å². The first-order valence-electron chi connectivity index (χ1n) is 9.50. The SMILES string of the molecule is Cc1cccnc1-n1c(SCC(=O)NC(=O)c2ccccc2)nc2ccccc2c1=O. The fourth-order valence-corrected chi connectivity index (χ4v) is 3.86. The lowest BCUT2D eigenvalue weighted by atomic mass is 10.2. The van der Waals surface area contributed by atoms with Gasteiger partial charge in [0.15, 0.2) is 5.16 Å². The molecule has 0 aliphatic rings. The molecule has 0 radical (unpaired) electrons. The van der Waals surface area contributed by atoms with E-state index in [1.807, 2.05) is 13.0 Å². The Balaban J connectivity index is 1.65. The molecule has 0 aliphatic carbocycles. The highest BCUT2D eigenvalue weighted by Gasteiger charge is 2.17. The molecule has 154 valence electrons. The molecule has 0 fully saturated rings. The molecule has 2 aromatic heterocycles. The summed E-state index contributed by atoms with van der Waals surface area (Å²) in [4.78, 5) is 46.7. The number of hydrogen-bond donors (Lipinski definition) is 1. The molecular weight excluding hydrogens is 412 g/mol. The van der Waals surface area contributed by atoms with Crippen LogP contribution in [0.2, 0.25) is 0 Å². The van der Waals surface area contributed by atoms with E-state index in [2.05, 4.69) is 15.3 Å². The molecule has 1 N–H and O–H groups in total. The molecule has 4 aromatic rings. The molecule has 2 amide bonds. The number of benzene rings is 2. The number of pyridine rings is 1. The summed E-state index contributed by atoms with van der Waals surface area (Å²) in [5.41, 5.74) is 1.45. The van der Waals surface area contributed by atoms with Gasteiger partial charge in [0, 0.05) is 11.8 Å². The lowest BCUT2D eigenvalue weighted by Crippen LogP contribution is -2.32. The molecule has 0 saturated carbocycles. The number of rotatable bonds is 5. The van der Waals surface area contributed by atoms with Gasteiger partial charge < -0.3 is 0 Å². The molecule has 7 nitrogen and oxygen atoms in total. The van der Waals surface area contributed by atoms with Gasteiger partial charge in [-0.05, 0) is 42.8 Å². The minimum Gasteiger partial charge on any atom is -0.292 e. The first kappa shape index (κ1) is 20.5. The number of nitrogens with zero attached hydrogens (tertiary/aromatic N) is 3. The van der Waals surface area contributed by atoms with E-state index >= 15 is 0 Å². The summed E-state index contributed by atoms with van der Waals surface area (Å²) in [6.45, 7) is 1.85. The van der Waals surface area contributed by atoms with Crippen LogP contribution >= 0.6 is 11.8 Å². The molecule has 0 aliphatic heterocycles. The number of hydrogen-bond acceptors (Lipinski definition) is 6. The number of fused-ring (bicyclic) bond motifs is 1. The molecular formula is C23H18N4O3S. The quantitative estimate of drug-likeness (QED) is 0.386. The predicted octanol–water partition coefficient (Wildman–Crippen LogP) is 3.14. The van der Waals surface area contributed by atoms with Gasteiger partial charge in [-0.2, -0.15) is 0 Å². The third-order valence-corrected chi connectivity index (χ3v) is 5.50. The van der Waals surface area contributed by atoms with Crippen LogP contribution in [0.3, 0.4) is 0 Å². The molecule has 0 spiro atoms. The molecule has 4 rings (SSSR count). The minimum absolute atomic E-state index is 0.0881. The molecule has 0 saturated heterocycles. The summed E-state index contributed by atoms with van der Waals surface area (Å²) in [5, 5.41) is 3.14. The van der Waals surface area contributed by atoms with Gasteiger partial charge in [0.2, 0.25) is 5.91 Å². The van der Waals surface area contributed by atoms with Gasteiger partial charge in [0.05, 0.1) is 16.7 Å². The van der Waals surface area contributed by atoms with Gasteiger partial charge in [-0.3, -0.25) is 19.7 Å². The summed E-state index contributed by atoms with van der Waals surface area (Å²) in [6.07, 6.45) is 1.60. The largest absolute Gasteiger partial charge is 0.292 e. The van der Waals surface area contributed by atoms with Gasteiger partial charge >= 0.3 is 0 Å². The van der Waals surface area contributed by atoms with Crippen LogP contribution in [-0.2, 0) is 4.79 Å². The third-order valence-electron chi connectivity index (χ3n) is 4.56. The zero-order valence-corrected chi connectivity index (χ0v) is 17.4. The second-order valence-corrected chi connectivity index (χ2v) is 7.67. The molecule has 2 aromatic carbocycles. The Bertz CT molecular complexity index is 1340. The zero-order chi connectivity index (χ0) is 21.8. The number of carbonyl (C=O) groups is 2. The summed E-state index contributed by atoms with van der Waals surface area (Å²) < 4.78 is 1.41. The van der Waals surface area contributed by atoms with Crippen molar-refractivity contribution in [1.82, 2.24) is 19.9 Å². The van der Waals surface area contributed by atoms with Crippen LogP contribution in [0.5, 0.6) is 0 Å². The van der Waals surface area contributed by atoms with Crippen LogP contribution < -0.4 is 10.9 Å². The first-order chi connectivity index (χ1) is 15.0. The fourth-order valence-electron chi connectivity index (χ4n) is 3.06. The number of para-hydroxylation sites is 1. The van der Waals surface area contributed by atoms with E-state index in [-0.39, 0.29) is 11.3 Å². The van der Waals surface area contributed by atoms with Gasteiger partial charge in [-0.1, -0.05) is 48.2 Å². The highest BCUT2D eigenvalue weighted by molar-refractivity contribution is 7.99. The summed E-state index contributed by atoms with van der Waals surface area (Å²) in [5.74, 6) is -0.592. The van der Waals surface area contributed by atoms with Crippen molar-refractivity contribution in [1.29, 1.82) is 0 Å². The lowest BCUT2D eigenvalue weighted by molar-refractivity contribution is -0.117. The lowest BCUT2D eigenvalue weighted by Gasteiger charge is -2.14. The Morgan fingerprint density at radius 1 is 1.00 bits per heavy atom. The maximum absolute atomic E-state index is 13.2. The van der Waals surface area contributed by atoms with Crippen LogP contribution in [0.4, 0.5) is 0 Å². The standard InChI is InChI=1S/C23H18N4O3S/c1-15-8-7-13-24-20(15)27-22(30)17-11-5-6-12-18(17)25-23(27)31-14-19(28)26-21(29)16-9-3-2-4-10-16/h2-13H,14H2,1H3,(H,26,28,29). The van der Waals surface area contributed by atoms with Gasteiger partial charge in [0.25, 0.3) is 11.5 Å². The van der Waals surface area contributed by atoms with Crippen LogP contribution in [0.15, 0.2) is 82.9 Å². The predicted molar refractivity (Wildman–Crippen MR) is 120 cm³/mol. The van der Waals surface area contributed by atoms with Crippen molar-refractivity contribution in [2.24, 2.45) is 0 Å². The normalized spacial score (nSPS) is 10.7. The molecule has 0 atom stereocenters. The van der Waals surface area contributed by atoms with Crippen molar-refractivity contribution in [3.63, 3.8) is 0 Å². The fraction of sp³-hybridized carbons (Fsp3) is 0.0870. The Labute approximate surface area is 182 Å². The molecule has 8 heteroatoms. The smallest absolute Gasteiger partial charge is 0.267 e. The van der Waals surface area contributed by atoms with Crippen molar-refractivity contribution in [3.05, 3.63) is 94.4 Å². The minimum atomic E-state index is -0.481. The average Bonchev–Trinajstić information content (AvgIpc) is 2.79. The van der Waals surface area contributed by atoms with Gasteiger partial charge in [-0.25, -0.2) is 14.5 Å².